The molecule has 23 heavy (non-hydrogen) atoms. The van der Waals surface area contributed by atoms with E-state index in [1.807, 2.05) is 66.7 Å². The van der Waals surface area contributed by atoms with E-state index in [1.165, 1.54) is 0 Å². The van der Waals surface area contributed by atoms with Gasteiger partial charge in [0.2, 0.25) is 5.91 Å². The Morgan fingerprint density at radius 3 is 2.65 bits per heavy atom. The number of carbonyl (C=O) groups excluding carboxylic acids is 1. The Balaban J connectivity index is 1.59. The van der Waals surface area contributed by atoms with Crippen molar-refractivity contribution in [2.75, 3.05) is 0 Å². The SMILES string of the molecule is O=C(Cc1cccc2ccccc12)NOCc1cccc(Br)c1. The monoisotopic (exact) mass is 369 g/mol. The standard InChI is InChI=1S/C19H16BrNO2/c20-17-9-3-5-14(11-17)13-23-21-19(22)12-16-8-4-7-15-6-1-2-10-18(15)16/h1-11H,12-13H2,(H,21,22). The van der Waals surface area contributed by atoms with Gasteiger partial charge in [0, 0.05) is 4.47 Å². The third kappa shape index (κ3) is 4.18. The minimum absolute atomic E-state index is 0.156. The minimum atomic E-state index is -0.156. The summed E-state index contributed by atoms with van der Waals surface area (Å²) in [6.45, 7) is 0.334. The largest absolute Gasteiger partial charge is 0.272 e. The fourth-order valence-corrected chi connectivity index (χ4v) is 2.93. The van der Waals surface area contributed by atoms with Crippen molar-refractivity contribution in [3.05, 3.63) is 82.3 Å². The molecule has 3 rings (SSSR count). The fourth-order valence-electron chi connectivity index (χ4n) is 2.48. The molecule has 116 valence electrons. The van der Waals surface area contributed by atoms with Crippen molar-refractivity contribution in [3.63, 3.8) is 0 Å². The Labute approximate surface area is 143 Å². The number of fused-ring (bicyclic) bond motifs is 1. The van der Waals surface area contributed by atoms with Crippen LogP contribution in [0.4, 0.5) is 0 Å². The number of halogens is 1. The molecule has 0 saturated heterocycles. The summed E-state index contributed by atoms with van der Waals surface area (Å²) in [7, 11) is 0. The van der Waals surface area contributed by atoms with Crippen LogP contribution in [0.1, 0.15) is 11.1 Å². The van der Waals surface area contributed by atoms with E-state index in [1.54, 1.807) is 0 Å². The zero-order chi connectivity index (χ0) is 16.1. The van der Waals surface area contributed by atoms with Crippen molar-refractivity contribution < 1.29 is 9.63 Å². The Morgan fingerprint density at radius 2 is 1.78 bits per heavy atom. The van der Waals surface area contributed by atoms with E-state index in [4.69, 9.17) is 4.84 Å². The molecule has 1 N–H and O–H groups in total. The van der Waals surface area contributed by atoms with Crippen LogP contribution in [0.3, 0.4) is 0 Å². The highest BCUT2D eigenvalue weighted by Gasteiger charge is 2.07. The first-order chi connectivity index (χ1) is 11.2. The van der Waals surface area contributed by atoms with Crippen molar-refractivity contribution in [2.24, 2.45) is 0 Å². The maximum atomic E-state index is 12.1. The first-order valence-corrected chi connectivity index (χ1v) is 8.13. The van der Waals surface area contributed by atoms with Crippen LogP contribution in [-0.4, -0.2) is 5.91 Å². The molecule has 1 amide bonds. The number of carbonyl (C=O) groups is 1. The Kier molecular flexibility index (Phi) is 5.05. The molecule has 0 saturated carbocycles. The first-order valence-electron chi connectivity index (χ1n) is 7.34. The molecule has 4 heteroatoms. The fraction of sp³-hybridized carbons (Fsp3) is 0.105. The molecule has 0 unspecified atom stereocenters. The van der Waals surface area contributed by atoms with E-state index < -0.39 is 0 Å². The number of benzene rings is 3. The molecular formula is C19H16BrNO2. The van der Waals surface area contributed by atoms with Crippen LogP contribution in [0.25, 0.3) is 10.8 Å². The number of hydrogen-bond donors (Lipinski definition) is 1. The molecule has 0 aromatic heterocycles. The Bertz CT molecular complexity index is 827. The van der Waals surface area contributed by atoms with E-state index >= 15 is 0 Å². The van der Waals surface area contributed by atoms with Crippen molar-refractivity contribution in [1.82, 2.24) is 5.48 Å². The topological polar surface area (TPSA) is 38.3 Å². The van der Waals surface area contributed by atoms with E-state index in [9.17, 15) is 4.79 Å². The second-order valence-corrected chi connectivity index (χ2v) is 6.17. The van der Waals surface area contributed by atoms with Crippen LogP contribution in [0.2, 0.25) is 0 Å². The summed E-state index contributed by atoms with van der Waals surface area (Å²) < 4.78 is 0.987. The maximum Gasteiger partial charge on any atom is 0.247 e. The minimum Gasteiger partial charge on any atom is -0.272 e. The highest BCUT2D eigenvalue weighted by atomic mass is 79.9. The molecule has 0 aliphatic heterocycles. The second-order valence-electron chi connectivity index (χ2n) is 5.26. The summed E-state index contributed by atoms with van der Waals surface area (Å²) in [5, 5.41) is 2.23. The predicted octanol–water partition coefficient (Wildman–Crippen LogP) is 4.39. The molecule has 0 fully saturated rings. The molecule has 0 radical (unpaired) electrons. The third-order valence-electron chi connectivity index (χ3n) is 3.54. The van der Waals surface area contributed by atoms with E-state index in [-0.39, 0.29) is 5.91 Å². The zero-order valence-electron chi connectivity index (χ0n) is 12.5. The highest BCUT2D eigenvalue weighted by Crippen LogP contribution is 2.18. The highest BCUT2D eigenvalue weighted by molar-refractivity contribution is 9.10. The number of hydroxylamine groups is 1. The molecule has 0 aliphatic rings. The van der Waals surface area contributed by atoms with Crippen LogP contribution in [0, 0.1) is 0 Å². The Hall–Kier alpha value is -2.17. The lowest BCUT2D eigenvalue weighted by Gasteiger charge is -2.08. The summed E-state index contributed by atoms with van der Waals surface area (Å²) in [4.78, 5) is 17.4. The summed E-state index contributed by atoms with van der Waals surface area (Å²) >= 11 is 3.41. The van der Waals surface area contributed by atoms with Gasteiger partial charge in [-0.25, -0.2) is 5.48 Å². The van der Waals surface area contributed by atoms with Crippen LogP contribution >= 0.6 is 15.9 Å². The van der Waals surface area contributed by atoms with Gasteiger partial charge in [0.25, 0.3) is 0 Å². The van der Waals surface area contributed by atoms with Crippen LogP contribution in [0.5, 0.6) is 0 Å². The van der Waals surface area contributed by atoms with Crippen LogP contribution in [-0.2, 0) is 22.7 Å². The van der Waals surface area contributed by atoms with Gasteiger partial charge in [0.15, 0.2) is 0 Å². The molecule has 0 spiro atoms. The lowest BCUT2D eigenvalue weighted by molar-refractivity contribution is -0.133. The number of nitrogens with one attached hydrogen (secondary N) is 1. The quantitative estimate of drug-likeness (QED) is 0.677. The van der Waals surface area contributed by atoms with Gasteiger partial charge in [0.1, 0.15) is 0 Å². The van der Waals surface area contributed by atoms with Gasteiger partial charge in [-0.2, -0.15) is 0 Å². The van der Waals surface area contributed by atoms with Gasteiger partial charge in [-0.15, -0.1) is 0 Å². The first kappa shape index (κ1) is 15.7. The van der Waals surface area contributed by atoms with Gasteiger partial charge in [0.05, 0.1) is 13.0 Å². The average molecular weight is 370 g/mol. The average Bonchev–Trinajstić information content (AvgIpc) is 2.55. The Morgan fingerprint density at radius 1 is 1.00 bits per heavy atom. The van der Waals surface area contributed by atoms with Gasteiger partial charge in [-0.05, 0) is 34.0 Å². The van der Waals surface area contributed by atoms with Crippen molar-refractivity contribution in [2.45, 2.75) is 13.0 Å². The predicted molar refractivity (Wildman–Crippen MR) is 94.7 cm³/mol. The van der Waals surface area contributed by atoms with Crippen molar-refractivity contribution in [3.8, 4) is 0 Å². The normalized spacial score (nSPS) is 10.7. The van der Waals surface area contributed by atoms with Gasteiger partial charge < -0.3 is 0 Å². The lowest BCUT2D eigenvalue weighted by Crippen LogP contribution is -2.25. The zero-order valence-corrected chi connectivity index (χ0v) is 14.0. The summed E-state index contributed by atoms with van der Waals surface area (Å²) in [5.41, 5.74) is 4.49. The van der Waals surface area contributed by atoms with Crippen LogP contribution in [0.15, 0.2) is 71.2 Å². The van der Waals surface area contributed by atoms with Gasteiger partial charge >= 0.3 is 0 Å². The number of rotatable bonds is 5. The molecule has 0 heterocycles. The third-order valence-corrected chi connectivity index (χ3v) is 4.04. The lowest BCUT2D eigenvalue weighted by atomic mass is 10.0. The van der Waals surface area contributed by atoms with Crippen molar-refractivity contribution in [1.29, 1.82) is 0 Å². The van der Waals surface area contributed by atoms with Gasteiger partial charge in [-0.1, -0.05) is 70.5 Å². The van der Waals surface area contributed by atoms with E-state index in [0.717, 1.165) is 26.4 Å². The summed E-state index contributed by atoms with van der Waals surface area (Å²) in [6, 6.07) is 21.8. The molecular weight excluding hydrogens is 354 g/mol. The molecule has 3 nitrogen and oxygen atoms in total. The van der Waals surface area contributed by atoms with E-state index in [0.29, 0.717) is 13.0 Å². The summed E-state index contributed by atoms with van der Waals surface area (Å²) in [6.07, 6.45) is 0.292. The van der Waals surface area contributed by atoms with Gasteiger partial charge in [-0.3, -0.25) is 9.63 Å². The molecule has 3 aromatic rings. The molecule has 0 bridgehead atoms. The van der Waals surface area contributed by atoms with Crippen LogP contribution < -0.4 is 5.48 Å². The number of hydrogen-bond acceptors (Lipinski definition) is 2. The second kappa shape index (κ2) is 7.40. The van der Waals surface area contributed by atoms with Crippen molar-refractivity contribution >= 4 is 32.6 Å². The number of amides is 1. The summed E-state index contributed by atoms with van der Waals surface area (Å²) in [5.74, 6) is -0.156. The molecule has 3 aromatic carbocycles. The smallest absolute Gasteiger partial charge is 0.247 e. The molecule has 0 aliphatic carbocycles. The van der Waals surface area contributed by atoms with E-state index in [2.05, 4.69) is 21.4 Å². The maximum absolute atomic E-state index is 12.1. The molecule has 0 atom stereocenters.